The predicted octanol–water partition coefficient (Wildman–Crippen LogP) is 4.16. The topological polar surface area (TPSA) is 61.9 Å². The Kier molecular flexibility index (Phi) is 6.98. The molecule has 6 nitrogen and oxygen atoms in total. The largest absolute Gasteiger partial charge is 0.486 e. The average Bonchev–Trinajstić information content (AvgIpc) is 2.84. The number of nitrogens with zero attached hydrogens (tertiary/aromatic N) is 2. The van der Waals surface area contributed by atoms with Crippen LogP contribution in [0.5, 0.6) is 5.75 Å². The lowest BCUT2D eigenvalue weighted by atomic mass is 9.96. The van der Waals surface area contributed by atoms with E-state index in [0.29, 0.717) is 39.0 Å². The van der Waals surface area contributed by atoms with Gasteiger partial charge in [0, 0.05) is 25.6 Å². The number of nitrogens with one attached hydrogen (secondary N) is 1. The molecule has 0 saturated carbocycles. The van der Waals surface area contributed by atoms with Crippen molar-refractivity contribution in [1.82, 2.24) is 10.2 Å². The highest BCUT2D eigenvalue weighted by molar-refractivity contribution is 5.94. The van der Waals surface area contributed by atoms with Gasteiger partial charge >= 0.3 is 6.03 Å². The van der Waals surface area contributed by atoms with Crippen LogP contribution in [-0.4, -0.2) is 49.1 Å². The minimum atomic E-state index is -0.0312. The number of amides is 3. The van der Waals surface area contributed by atoms with Crippen LogP contribution in [-0.2, 0) is 11.2 Å². The molecule has 0 unspecified atom stereocenters. The van der Waals surface area contributed by atoms with Crippen molar-refractivity contribution in [1.29, 1.82) is 0 Å². The van der Waals surface area contributed by atoms with Crippen molar-refractivity contribution in [3.63, 3.8) is 0 Å². The molecule has 0 aromatic heterocycles. The van der Waals surface area contributed by atoms with Gasteiger partial charge in [-0.15, -0.1) is 0 Å². The zero-order valence-corrected chi connectivity index (χ0v) is 19.0. The molecule has 3 amide bonds. The number of rotatable bonds is 5. The van der Waals surface area contributed by atoms with E-state index in [0.717, 1.165) is 24.3 Å². The fourth-order valence-electron chi connectivity index (χ4n) is 4.55. The normalized spacial score (nSPS) is 18.6. The van der Waals surface area contributed by atoms with E-state index in [2.05, 4.69) is 31.3 Å². The molecule has 2 aliphatic rings. The highest BCUT2D eigenvalue weighted by Gasteiger charge is 2.34. The monoisotopic (exact) mass is 435 g/mol. The number of benzene rings is 2. The second-order valence-corrected chi connectivity index (χ2v) is 8.74. The van der Waals surface area contributed by atoms with E-state index in [4.69, 9.17) is 4.74 Å². The SMILES string of the molecule is CC[C@H]1CN(C(=O)N2CCC(C(=O)NCCc3ccccc3C)CC2)c2ccccc2O1. The van der Waals surface area contributed by atoms with E-state index < -0.39 is 0 Å². The average molecular weight is 436 g/mol. The molecule has 170 valence electrons. The number of para-hydroxylation sites is 2. The summed E-state index contributed by atoms with van der Waals surface area (Å²) in [5.74, 6) is 0.839. The van der Waals surface area contributed by atoms with Crippen molar-refractivity contribution < 1.29 is 14.3 Å². The molecule has 1 saturated heterocycles. The number of urea groups is 1. The molecule has 2 aliphatic heterocycles. The molecule has 0 bridgehead atoms. The Bertz CT molecular complexity index is 953. The smallest absolute Gasteiger partial charge is 0.324 e. The van der Waals surface area contributed by atoms with Crippen LogP contribution in [0.4, 0.5) is 10.5 Å². The van der Waals surface area contributed by atoms with Crippen molar-refractivity contribution >= 4 is 17.6 Å². The van der Waals surface area contributed by atoms with Crippen LogP contribution in [0.3, 0.4) is 0 Å². The third-order valence-electron chi connectivity index (χ3n) is 6.61. The van der Waals surface area contributed by atoms with Crippen molar-refractivity contribution in [2.45, 2.75) is 45.6 Å². The Labute approximate surface area is 190 Å². The molecular formula is C26H33N3O3. The standard InChI is InChI=1S/C26H33N3O3/c1-3-22-18-29(23-10-6-7-11-24(23)32-22)26(31)28-16-13-21(14-17-28)25(30)27-15-12-20-9-5-4-8-19(20)2/h4-11,21-22H,3,12-18H2,1-2H3,(H,27,30)/t22-/m0/s1. The minimum absolute atomic E-state index is 0.00502. The van der Waals surface area contributed by atoms with Gasteiger partial charge in [0.05, 0.1) is 12.2 Å². The number of ether oxygens (including phenoxy) is 1. The zero-order valence-electron chi connectivity index (χ0n) is 19.0. The molecule has 2 aromatic carbocycles. The first-order valence-corrected chi connectivity index (χ1v) is 11.7. The molecule has 0 radical (unpaired) electrons. The van der Waals surface area contributed by atoms with Gasteiger partial charge in [0.25, 0.3) is 0 Å². The number of fused-ring (bicyclic) bond motifs is 1. The number of piperidine rings is 1. The molecule has 2 aromatic rings. The van der Waals surface area contributed by atoms with Crippen LogP contribution in [0.2, 0.25) is 0 Å². The van der Waals surface area contributed by atoms with E-state index in [9.17, 15) is 9.59 Å². The first-order chi connectivity index (χ1) is 15.6. The highest BCUT2D eigenvalue weighted by Crippen LogP contribution is 2.35. The highest BCUT2D eigenvalue weighted by atomic mass is 16.5. The predicted molar refractivity (Wildman–Crippen MR) is 126 cm³/mol. The molecule has 1 fully saturated rings. The van der Waals surface area contributed by atoms with E-state index in [1.807, 2.05) is 46.2 Å². The first-order valence-electron chi connectivity index (χ1n) is 11.7. The van der Waals surface area contributed by atoms with Crippen molar-refractivity contribution in [2.75, 3.05) is 31.1 Å². The summed E-state index contributed by atoms with van der Waals surface area (Å²) in [6.07, 6.45) is 3.09. The van der Waals surface area contributed by atoms with Crippen LogP contribution in [0, 0.1) is 12.8 Å². The maximum atomic E-state index is 13.3. The molecule has 0 aliphatic carbocycles. The van der Waals surface area contributed by atoms with Crippen LogP contribution in [0.15, 0.2) is 48.5 Å². The Balaban J connectivity index is 1.29. The molecule has 2 heterocycles. The summed E-state index contributed by atoms with van der Waals surface area (Å²) in [6.45, 7) is 6.58. The van der Waals surface area contributed by atoms with Gasteiger partial charge in [-0.05, 0) is 55.9 Å². The third-order valence-corrected chi connectivity index (χ3v) is 6.61. The number of hydrogen-bond donors (Lipinski definition) is 1. The van der Waals surface area contributed by atoms with Gasteiger partial charge in [-0.2, -0.15) is 0 Å². The minimum Gasteiger partial charge on any atom is -0.486 e. The summed E-state index contributed by atoms with van der Waals surface area (Å²) in [4.78, 5) is 29.7. The van der Waals surface area contributed by atoms with Crippen LogP contribution in [0.1, 0.15) is 37.3 Å². The number of carbonyl (C=O) groups excluding carboxylic acids is 2. The fourth-order valence-corrected chi connectivity index (χ4v) is 4.55. The lowest BCUT2D eigenvalue weighted by Gasteiger charge is -2.39. The van der Waals surface area contributed by atoms with Gasteiger partial charge in [0.2, 0.25) is 5.91 Å². The van der Waals surface area contributed by atoms with Crippen molar-refractivity contribution in [2.24, 2.45) is 5.92 Å². The quantitative estimate of drug-likeness (QED) is 0.767. The van der Waals surface area contributed by atoms with Gasteiger partial charge in [-0.1, -0.05) is 43.3 Å². The van der Waals surface area contributed by atoms with Gasteiger partial charge < -0.3 is 15.0 Å². The third kappa shape index (κ3) is 4.90. The van der Waals surface area contributed by atoms with Crippen LogP contribution < -0.4 is 15.0 Å². The van der Waals surface area contributed by atoms with Crippen molar-refractivity contribution in [3.05, 3.63) is 59.7 Å². The number of anilines is 1. The van der Waals surface area contributed by atoms with Crippen molar-refractivity contribution in [3.8, 4) is 5.75 Å². The van der Waals surface area contributed by atoms with Gasteiger partial charge in [-0.25, -0.2) is 4.79 Å². The maximum Gasteiger partial charge on any atom is 0.324 e. The molecule has 0 spiro atoms. The molecule has 1 atom stereocenters. The van der Waals surface area contributed by atoms with E-state index >= 15 is 0 Å². The number of aryl methyl sites for hydroxylation is 1. The maximum absolute atomic E-state index is 13.3. The molecule has 6 heteroatoms. The van der Waals surface area contributed by atoms with E-state index in [-0.39, 0.29) is 24.0 Å². The van der Waals surface area contributed by atoms with Gasteiger partial charge in [-0.3, -0.25) is 9.69 Å². The summed E-state index contributed by atoms with van der Waals surface area (Å²) < 4.78 is 6.01. The summed E-state index contributed by atoms with van der Waals surface area (Å²) in [5.41, 5.74) is 3.35. The molecule has 4 rings (SSSR count). The summed E-state index contributed by atoms with van der Waals surface area (Å²) in [7, 11) is 0. The number of likely N-dealkylation sites (tertiary alicyclic amines) is 1. The Morgan fingerprint density at radius 1 is 1.06 bits per heavy atom. The lowest BCUT2D eigenvalue weighted by Crippen LogP contribution is -2.52. The second-order valence-electron chi connectivity index (χ2n) is 8.74. The lowest BCUT2D eigenvalue weighted by molar-refractivity contribution is -0.126. The zero-order chi connectivity index (χ0) is 22.5. The Hall–Kier alpha value is -3.02. The Morgan fingerprint density at radius 3 is 2.53 bits per heavy atom. The first kappa shape index (κ1) is 22.2. The van der Waals surface area contributed by atoms with Crippen LogP contribution in [0.25, 0.3) is 0 Å². The number of carbonyl (C=O) groups is 2. The molecule has 32 heavy (non-hydrogen) atoms. The summed E-state index contributed by atoms with van der Waals surface area (Å²) in [5, 5.41) is 3.09. The van der Waals surface area contributed by atoms with E-state index in [1.54, 1.807) is 0 Å². The number of hydrogen-bond acceptors (Lipinski definition) is 3. The summed E-state index contributed by atoms with van der Waals surface area (Å²) >= 11 is 0. The fraction of sp³-hybridized carbons (Fsp3) is 0.462. The molecule has 1 N–H and O–H groups in total. The van der Waals surface area contributed by atoms with Crippen LogP contribution >= 0.6 is 0 Å². The van der Waals surface area contributed by atoms with Gasteiger partial charge in [0.1, 0.15) is 11.9 Å². The van der Waals surface area contributed by atoms with E-state index in [1.165, 1.54) is 11.1 Å². The molecular weight excluding hydrogens is 402 g/mol. The summed E-state index contributed by atoms with van der Waals surface area (Å²) in [6, 6.07) is 16.0. The second kappa shape index (κ2) is 10.1. The Morgan fingerprint density at radius 2 is 1.78 bits per heavy atom. The van der Waals surface area contributed by atoms with Gasteiger partial charge in [0.15, 0.2) is 0 Å².